The third-order valence-corrected chi connectivity index (χ3v) is 2.88. The fraction of sp³-hybridized carbons (Fsp3) is 0.538. The first kappa shape index (κ1) is 14.1. The number of benzene rings is 1. The molecule has 0 aliphatic heterocycles. The van der Waals surface area contributed by atoms with Gasteiger partial charge < -0.3 is 10.8 Å². The van der Waals surface area contributed by atoms with Gasteiger partial charge in [0.05, 0.1) is 12.1 Å². The van der Waals surface area contributed by atoms with E-state index in [2.05, 4.69) is 0 Å². The van der Waals surface area contributed by atoms with E-state index in [1.165, 1.54) is 19.1 Å². The molecule has 96 valence electrons. The van der Waals surface area contributed by atoms with Crippen LogP contribution >= 0.6 is 0 Å². The third kappa shape index (κ3) is 2.82. The maximum Gasteiger partial charge on any atom is 0.133 e. The maximum absolute atomic E-state index is 13.8. The van der Waals surface area contributed by atoms with Crippen molar-refractivity contribution in [3.05, 3.63) is 34.9 Å². The summed E-state index contributed by atoms with van der Waals surface area (Å²) < 4.78 is 27.4. The molecule has 2 atom stereocenters. The van der Waals surface area contributed by atoms with E-state index in [4.69, 9.17) is 5.73 Å². The summed E-state index contributed by atoms with van der Waals surface area (Å²) in [5.41, 5.74) is 5.30. The molecule has 1 aromatic rings. The largest absolute Gasteiger partial charge is 0.391 e. The topological polar surface area (TPSA) is 46.2 Å². The van der Waals surface area contributed by atoms with Crippen LogP contribution in [-0.4, -0.2) is 11.2 Å². The Hall–Kier alpha value is -1.00. The second-order valence-corrected chi connectivity index (χ2v) is 5.43. The number of aliphatic hydroxyl groups is 1. The highest BCUT2D eigenvalue weighted by Crippen LogP contribution is 2.31. The minimum absolute atomic E-state index is 0.243. The molecule has 1 aromatic carbocycles. The first-order valence-corrected chi connectivity index (χ1v) is 5.54. The van der Waals surface area contributed by atoms with E-state index in [-0.39, 0.29) is 5.56 Å². The molecule has 0 spiro atoms. The van der Waals surface area contributed by atoms with Crippen molar-refractivity contribution in [2.75, 3.05) is 0 Å². The highest BCUT2D eigenvalue weighted by atomic mass is 19.1. The van der Waals surface area contributed by atoms with Crippen LogP contribution in [0, 0.1) is 24.0 Å². The van der Waals surface area contributed by atoms with Crippen LogP contribution in [0.5, 0.6) is 0 Å². The zero-order valence-electron chi connectivity index (χ0n) is 10.6. The van der Waals surface area contributed by atoms with Crippen LogP contribution in [0.15, 0.2) is 12.1 Å². The number of hydrogen-bond donors (Lipinski definition) is 2. The minimum Gasteiger partial charge on any atom is -0.391 e. The summed E-state index contributed by atoms with van der Waals surface area (Å²) in [5, 5.41) is 9.99. The van der Waals surface area contributed by atoms with E-state index in [1.54, 1.807) is 20.8 Å². The predicted molar refractivity (Wildman–Crippen MR) is 63.5 cm³/mol. The number of halogens is 2. The lowest BCUT2D eigenvalue weighted by atomic mass is 9.82. The molecule has 17 heavy (non-hydrogen) atoms. The standard InChI is InChI=1S/C13H19F2NO/c1-7-5-6-8(14)9(10(7)15)11(16)12(17)13(2,3)4/h5-6,11-12,17H,16H2,1-4H3/t11-,12-/m1/s1. The molecule has 0 heterocycles. The van der Waals surface area contributed by atoms with Gasteiger partial charge in [0, 0.05) is 5.56 Å². The molecule has 3 N–H and O–H groups in total. The normalized spacial score (nSPS) is 15.8. The van der Waals surface area contributed by atoms with E-state index in [9.17, 15) is 13.9 Å². The molecule has 0 aliphatic carbocycles. The molecule has 0 aliphatic rings. The Balaban J connectivity index is 3.21. The second-order valence-electron chi connectivity index (χ2n) is 5.43. The first-order chi connectivity index (χ1) is 7.66. The molecule has 0 bridgehead atoms. The van der Waals surface area contributed by atoms with Gasteiger partial charge in [0.2, 0.25) is 0 Å². The number of aliphatic hydroxyl groups excluding tert-OH is 1. The van der Waals surface area contributed by atoms with E-state index in [0.29, 0.717) is 5.56 Å². The average Bonchev–Trinajstić information content (AvgIpc) is 2.21. The molecular formula is C13H19F2NO. The number of hydrogen-bond acceptors (Lipinski definition) is 2. The highest BCUT2D eigenvalue weighted by molar-refractivity contribution is 5.30. The Bertz CT molecular complexity index is 413. The molecule has 0 radical (unpaired) electrons. The van der Waals surface area contributed by atoms with Crippen molar-refractivity contribution in [2.45, 2.75) is 39.8 Å². The molecule has 0 fully saturated rings. The second kappa shape index (κ2) is 4.70. The Morgan fingerprint density at radius 3 is 2.24 bits per heavy atom. The third-order valence-electron chi connectivity index (χ3n) is 2.88. The van der Waals surface area contributed by atoms with Crippen LogP contribution in [0.3, 0.4) is 0 Å². The highest BCUT2D eigenvalue weighted by Gasteiger charge is 2.32. The molecule has 4 heteroatoms. The van der Waals surface area contributed by atoms with Gasteiger partial charge in [-0.3, -0.25) is 0 Å². The van der Waals surface area contributed by atoms with Crippen molar-refractivity contribution in [3.63, 3.8) is 0 Å². The van der Waals surface area contributed by atoms with Gasteiger partial charge in [-0.1, -0.05) is 26.8 Å². The van der Waals surface area contributed by atoms with Crippen LogP contribution in [-0.2, 0) is 0 Å². The molecule has 0 saturated carbocycles. The molecule has 0 unspecified atom stereocenters. The number of rotatable bonds is 2. The van der Waals surface area contributed by atoms with Crippen molar-refractivity contribution < 1.29 is 13.9 Å². The summed E-state index contributed by atoms with van der Waals surface area (Å²) in [6.07, 6.45) is -1.02. The van der Waals surface area contributed by atoms with Gasteiger partial charge in [-0.25, -0.2) is 8.78 Å². The Morgan fingerprint density at radius 2 is 1.76 bits per heavy atom. The van der Waals surface area contributed by atoms with E-state index in [0.717, 1.165) is 0 Å². The van der Waals surface area contributed by atoms with Gasteiger partial charge in [0.15, 0.2) is 0 Å². The van der Waals surface area contributed by atoms with Crippen LogP contribution in [0.1, 0.15) is 37.9 Å². The lowest BCUT2D eigenvalue weighted by molar-refractivity contribution is 0.0381. The smallest absolute Gasteiger partial charge is 0.133 e. The monoisotopic (exact) mass is 243 g/mol. The van der Waals surface area contributed by atoms with Crippen molar-refractivity contribution in [3.8, 4) is 0 Å². The Labute approximate surface area is 100 Å². The molecule has 2 nitrogen and oxygen atoms in total. The van der Waals surface area contributed by atoms with Gasteiger partial charge in [-0.05, 0) is 24.0 Å². The average molecular weight is 243 g/mol. The van der Waals surface area contributed by atoms with Crippen molar-refractivity contribution in [1.29, 1.82) is 0 Å². The number of nitrogens with two attached hydrogens (primary N) is 1. The zero-order valence-corrected chi connectivity index (χ0v) is 10.6. The van der Waals surface area contributed by atoms with Gasteiger partial charge >= 0.3 is 0 Å². The van der Waals surface area contributed by atoms with Crippen LogP contribution < -0.4 is 5.73 Å². The summed E-state index contributed by atoms with van der Waals surface area (Å²) in [5.74, 6) is -1.40. The van der Waals surface area contributed by atoms with E-state index in [1.807, 2.05) is 0 Å². The lowest BCUT2D eigenvalue weighted by Crippen LogP contribution is -2.38. The minimum atomic E-state index is -1.07. The van der Waals surface area contributed by atoms with Gasteiger partial charge in [0.1, 0.15) is 11.6 Å². The van der Waals surface area contributed by atoms with Crippen LogP contribution in [0.4, 0.5) is 8.78 Å². The quantitative estimate of drug-likeness (QED) is 0.839. The predicted octanol–water partition coefficient (Wildman–Crippen LogP) is 2.68. The first-order valence-electron chi connectivity index (χ1n) is 5.54. The van der Waals surface area contributed by atoms with Gasteiger partial charge in [-0.15, -0.1) is 0 Å². The Morgan fingerprint density at radius 1 is 1.24 bits per heavy atom. The van der Waals surface area contributed by atoms with Crippen molar-refractivity contribution >= 4 is 0 Å². The zero-order chi connectivity index (χ0) is 13.4. The lowest BCUT2D eigenvalue weighted by Gasteiger charge is -2.31. The van der Waals surface area contributed by atoms with Crippen molar-refractivity contribution in [2.24, 2.45) is 11.1 Å². The van der Waals surface area contributed by atoms with Gasteiger partial charge in [0.25, 0.3) is 0 Å². The van der Waals surface area contributed by atoms with Crippen LogP contribution in [0.2, 0.25) is 0 Å². The van der Waals surface area contributed by atoms with E-state index < -0.39 is 29.2 Å². The Kier molecular flexibility index (Phi) is 3.89. The molecule has 1 rings (SSSR count). The van der Waals surface area contributed by atoms with Crippen LogP contribution in [0.25, 0.3) is 0 Å². The van der Waals surface area contributed by atoms with Crippen molar-refractivity contribution in [1.82, 2.24) is 0 Å². The molecule has 0 saturated heterocycles. The summed E-state index contributed by atoms with van der Waals surface area (Å²) in [7, 11) is 0. The fourth-order valence-corrected chi connectivity index (χ4v) is 1.68. The molecule has 0 aromatic heterocycles. The SMILES string of the molecule is Cc1ccc(F)c([C@@H](N)[C@@H](O)C(C)(C)C)c1F. The van der Waals surface area contributed by atoms with E-state index >= 15 is 0 Å². The summed E-state index contributed by atoms with van der Waals surface area (Å²) in [6.45, 7) is 6.84. The number of aryl methyl sites for hydroxylation is 1. The summed E-state index contributed by atoms with van der Waals surface area (Å²) >= 11 is 0. The van der Waals surface area contributed by atoms with Gasteiger partial charge in [-0.2, -0.15) is 0 Å². The molecule has 0 amide bonds. The summed E-state index contributed by atoms with van der Waals surface area (Å²) in [6, 6.07) is 1.45. The fourth-order valence-electron chi connectivity index (χ4n) is 1.68. The summed E-state index contributed by atoms with van der Waals surface area (Å²) in [4.78, 5) is 0. The molecular weight excluding hydrogens is 224 g/mol. The maximum atomic E-state index is 13.8.